The zero-order valence-corrected chi connectivity index (χ0v) is 12.3. The van der Waals surface area contributed by atoms with E-state index < -0.39 is 5.60 Å². The van der Waals surface area contributed by atoms with E-state index in [0.29, 0.717) is 12.2 Å². The van der Waals surface area contributed by atoms with Gasteiger partial charge in [-0.1, -0.05) is 11.6 Å². The highest BCUT2D eigenvalue weighted by molar-refractivity contribution is 5.82. The molecule has 20 heavy (non-hydrogen) atoms. The van der Waals surface area contributed by atoms with Gasteiger partial charge in [0.25, 0.3) is 0 Å². The van der Waals surface area contributed by atoms with Gasteiger partial charge in [-0.3, -0.25) is 0 Å². The number of carbonyl (C=O) groups excluding carboxylic acids is 1. The van der Waals surface area contributed by atoms with Crippen molar-refractivity contribution in [2.24, 2.45) is 0 Å². The molecule has 1 aliphatic rings. The van der Waals surface area contributed by atoms with E-state index >= 15 is 0 Å². The highest BCUT2D eigenvalue weighted by atomic mass is 16.6. The van der Waals surface area contributed by atoms with E-state index in [4.69, 9.17) is 9.47 Å². The van der Waals surface area contributed by atoms with Gasteiger partial charge in [-0.15, -0.1) is 0 Å². The molecule has 0 fully saturated rings. The summed E-state index contributed by atoms with van der Waals surface area (Å²) in [5, 5.41) is 9.50. The first kappa shape index (κ1) is 14.4. The number of rotatable bonds is 2. The lowest BCUT2D eigenvalue weighted by Crippen LogP contribution is -2.48. The molecule has 0 saturated carbocycles. The first-order valence-electron chi connectivity index (χ1n) is 6.64. The number of fused-ring (bicyclic) bond motifs is 1. The van der Waals surface area contributed by atoms with Gasteiger partial charge in [-0.2, -0.15) is 0 Å². The molecule has 4 nitrogen and oxygen atoms in total. The lowest BCUT2D eigenvalue weighted by Gasteiger charge is -2.39. The van der Waals surface area contributed by atoms with E-state index in [1.807, 2.05) is 27.7 Å². The number of phenolic OH excluding ortho intramolecular Hbond substituents is 1. The Balaban J connectivity index is 2.21. The lowest BCUT2D eigenvalue weighted by molar-refractivity contribution is -0.155. The zero-order valence-electron chi connectivity index (χ0n) is 12.3. The molecule has 1 heterocycles. The molecule has 0 saturated heterocycles. The number of aromatic hydroxyl groups is 1. The molecule has 0 amide bonds. The van der Waals surface area contributed by atoms with Crippen molar-refractivity contribution in [3.63, 3.8) is 0 Å². The van der Waals surface area contributed by atoms with Gasteiger partial charge in [0.2, 0.25) is 0 Å². The summed E-state index contributed by atoms with van der Waals surface area (Å²) in [6, 6.07) is 4.99. The van der Waals surface area contributed by atoms with Crippen LogP contribution in [0.4, 0.5) is 0 Å². The topological polar surface area (TPSA) is 55.8 Å². The smallest absolute Gasteiger partial charge is 0.331 e. The van der Waals surface area contributed by atoms with E-state index in [1.165, 1.54) is 6.08 Å². The number of carbonyl (C=O) groups is 1. The molecule has 1 aliphatic heterocycles. The number of ether oxygens (including phenoxy) is 2. The predicted octanol–water partition coefficient (Wildman–Crippen LogP) is 2.98. The zero-order chi connectivity index (χ0) is 14.9. The van der Waals surface area contributed by atoms with Gasteiger partial charge in [-0.25, -0.2) is 4.79 Å². The van der Waals surface area contributed by atoms with Crippen molar-refractivity contribution < 1.29 is 19.4 Å². The molecule has 1 N–H and O–H groups in total. The summed E-state index contributed by atoms with van der Waals surface area (Å²) in [5.41, 5.74) is 1.19. The van der Waals surface area contributed by atoms with Crippen LogP contribution in [0.2, 0.25) is 0 Å². The van der Waals surface area contributed by atoms with Crippen molar-refractivity contribution in [2.45, 2.75) is 45.8 Å². The molecule has 1 atom stereocenters. The fourth-order valence-electron chi connectivity index (χ4n) is 2.20. The Hall–Kier alpha value is -1.97. The molecular weight excluding hydrogens is 256 g/mol. The Kier molecular flexibility index (Phi) is 3.75. The lowest BCUT2D eigenvalue weighted by atomic mass is 9.91. The number of allylic oxidation sites excluding steroid dienone is 1. The molecule has 0 aliphatic carbocycles. The third kappa shape index (κ3) is 3.13. The Bertz CT molecular complexity index is 554. The van der Waals surface area contributed by atoms with Crippen LogP contribution in [0.1, 0.15) is 33.3 Å². The van der Waals surface area contributed by atoms with Crippen LogP contribution < -0.4 is 4.74 Å². The van der Waals surface area contributed by atoms with E-state index in [2.05, 4.69) is 0 Å². The standard InChI is InChI=1S/C16H20O4/c1-10(2)7-15(18)19-14-8-11-5-6-12(17)9-13(11)20-16(14,3)4/h5-7,9,14,17H,8H2,1-4H3. The van der Waals surface area contributed by atoms with Crippen LogP contribution in [0.15, 0.2) is 29.8 Å². The highest BCUT2D eigenvalue weighted by Gasteiger charge is 2.39. The summed E-state index contributed by atoms with van der Waals surface area (Å²) in [5.74, 6) is 0.456. The maximum Gasteiger partial charge on any atom is 0.331 e. The van der Waals surface area contributed by atoms with Crippen LogP contribution >= 0.6 is 0 Å². The molecule has 0 aromatic heterocycles. The number of benzene rings is 1. The summed E-state index contributed by atoms with van der Waals surface area (Å²) < 4.78 is 11.4. The third-order valence-corrected chi connectivity index (χ3v) is 3.27. The Labute approximate surface area is 119 Å². The van der Waals surface area contributed by atoms with Crippen molar-refractivity contribution in [3.05, 3.63) is 35.4 Å². The SMILES string of the molecule is CC(C)=CC(=O)OC1Cc2ccc(O)cc2OC1(C)C. The minimum absolute atomic E-state index is 0.166. The third-order valence-electron chi connectivity index (χ3n) is 3.27. The van der Waals surface area contributed by atoms with Crippen molar-refractivity contribution in [2.75, 3.05) is 0 Å². The van der Waals surface area contributed by atoms with Crippen molar-refractivity contribution >= 4 is 5.97 Å². The van der Waals surface area contributed by atoms with Crippen molar-refractivity contribution in [3.8, 4) is 11.5 Å². The molecule has 2 rings (SSSR count). The van der Waals surface area contributed by atoms with E-state index in [1.54, 1.807) is 18.2 Å². The van der Waals surface area contributed by atoms with Gasteiger partial charge >= 0.3 is 5.97 Å². The first-order valence-corrected chi connectivity index (χ1v) is 6.64. The normalized spacial score (nSPS) is 19.5. The molecule has 108 valence electrons. The van der Waals surface area contributed by atoms with Gasteiger partial charge in [0.05, 0.1) is 0 Å². The largest absolute Gasteiger partial charge is 0.508 e. The number of phenols is 1. The first-order chi connectivity index (χ1) is 9.28. The second kappa shape index (κ2) is 5.19. The molecule has 1 aromatic rings. The molecule has 0 spiro atoms. The molecule has 1 aromatic carbocycles. The van der Waals surface area contributed by atoms with Crippen molar-refractivity contribution in [1.29, 1.82) is 0 Å². The van der Waals surface area contributed by atoms with E-state index in [-0.39, 0.29) is 17.8 Å². The maximum atomic E-state index is 11.8. The quantitative estimate of drug-likeness (QED) is 0.666. The average molecular weight is 276 g/mol. The van der Waals surface area contributed by atoms with Gasteiger partial charge in [0.1, 0.15) is 23.2 Å². The van der Waals surface area contributed by atoms with Gasteiger partial charge in [0, 0.05) is 18.6 Å². The van der Waals surface area contributed by atoms with Crippen LogP contribution in [0.3, 0.4) is 0 Å². The second-order valence-corrected chi connectivity index (χ2v) is 5.85. The summed E-state index contributed by atoms with van der Waals surface area (Å²) in [4.78, 5) is 11.8. The Morgan fingerprint density at radius 2 is 2.15 bits per heavy atom. The fraction of sp³-hybridized carbons (Fsp3) is 0.438. The maximum absolute atomic E-state index is 11.8. The number of hydrogen-bond acceptors (Lipinski definition) is 4. The minimum Gasteiger partial charge on any atom is -0.508 e. The molecule has 0 radical (unpaired) electrons. The number of esters is 1. The average Bonchev–Trinajstić information content (AvgIpc) is 2.28. The fourth-order valence-corrected chi connectivity index (χ4v) is 2.20. The minimum atomic E-state index is -0.633. The Morgan fingerprint density at radius 1 is 1.45 bits per heavy atom. The van der Waals surface area contributed by atoms with Gasteiger partial charge < -0.3 is 14.6 Å². The van der Waals surface area contributed by atoms with Crippen LogP contribution in [0, 0.1) is 0 Å². The monoisotopic (exact) mass is 276 g/mol. The van der Waals surface area contributed by atoms with Crippen LogP contribution in [0.5, 0.6) is 11.5 Å². The molecule has 4 heteroatoms. The number of hydrogen-bond donors (Lipinski definition) is 1. The van der Waals surface area contributed by atoms with Gasteiger partial charge in [-0.05, 0) is 39.3 Å². The predicted molar refractivity (Wildman–Crippen MR) is 75.8 cm³/mol. The second-order valence-electron chi connectivity index (χ2n) is 5.85. The summed E-state index contributed by atoms with van der Waals surface area (Å²) in [6.07, 6.45) is 1.69. The van der Waals surface area contributed by atoms with Crippen LogP contribution in [0.25, 0.3) is 0 Å². The molecular formula is C16H20O4. The summed E-state index contributed by atoms with van der Waals surface area (Å²) in [7, 11) is 0. The van der Waals surface area contributed by atoms with Crippen LogP contribution in [-0.4, -0.2) is 22.8 Å². The Morgan fingerprint density at radius 3 is 2.80 bits per heavy atom. The van der Waals surface area contributed by atoms with E-state index in [0.717, 1.165) is 11.1 Å². The molecule has 1 unspecified atom stereocenters. The highest BCUT2D eigenvalue weighted by Crippen LogP contribution is 2.36. The van der Waals surface area contributed by atoms with Crippen LogP contribution in [-0.2, 0) is 16.0 Å². The summed E-state index contributed by atoms with van der Waals surface area (Å²) in [6.45, 7) is 7.45. The summed E-state index contributed by atoms with van der Waals surface area (Å²) >= 11 is 0. The van der Waals surface area contributed by atoms with Gasteiger partial charge in [0.15, 0.2) is 0 Å². The molecule has 0 bridgehead atoms. The van der Waals surface area contributed by atoms with E-state index in [9.17, 15) is 9.90 Å². The van der Waals surface area contributed by atoms with Crippen molar-refractivity contribution in [1.82, 2.24) is 0 Å².